The van der Waals surface area contributed by atoms with Crippen molar-refractivity contribution in [2.24, 2.45) is 0 Å². The Labute approximate surface area is 390 Å². The topological polar surface area (TPSA) is 95.9 Å². The normalized spacial score (nSPS) is 13.7. The smallest absolute Gasteiger partial charge is 0.306 e. The predicted octanol–water partition coefficient (Wildman–Crippen LogP) is 16.4. The summed E-state index contributed by atoms with van der Waals surface area (Å²) in [4.78, 5) is 26.2. The van der Waals surface area contributed by atoms with Gasteiger partial charge < -0.3 is 20.3 Å². The number of nitrogens with one attached hydrogen (secondary N) is 1. The third-order valence-corrected chi connectivity index (χ3v) is 12.1. The van der Waals surface area contributed by atoms with E-state index in [2.05, 4.69) is 86.8 Å². The van der Waals surface area contributed by atoms with Crippen LogP contribution in [0.15, 0.2) is 60.8 Å². The molecule has 366 valence electrons. The van der Waals surface area contributed by atoms with Crippen LogP contribution in [-0.2, 0) is 14.3 Å². The van der Waals surface area contributed by atoms with E-state index in [4.69, 9.17) is 4.74 Å². The van der Waals surface area contributed by atoms with E-state index in [1.54, 1.807) is 0 Å². The Kier molecular flexibility index (Phi) is 48.6. The molecule has 0 fully saturated rings. The van der Waals surface area contributed by atoms with Crippen LogP contribution < -0.4 is 5.32 Å². The van der Waals surface area contributed by atoms with Crippen molar-refractivity contribution in [3.63, 3.8) is 0 Å². The van der Waals surface area contributed by atoms with E-state index in [0.717, 1.165) is 77.0 Å². The van der Waals surface area contributed by atoms with E-state index < -0.39 is 18.2 Å². The van der Waals surface area contributed by atoms with Crippen LogP contribution in [0.3, 0.4) is 0 Å². The van der Waals surface area contributed by atoms with Crippen LogP contribution in [0.1, 0.15) is 265 Å². The van der Waals surface area contributed by atoms with Crippen LogP contribution in [0, 0.1) is 0 Å². The number of carbonyl (C=O) groups excluding carboxylic acids is 2. The molecule has 0 aliphatic rings. The molecule has 0 rings (SSSR count). The van der Waals surface area contributed by atoms with E-state index >= 15 is 0 Å². The Balaban J connectivity index is 4.68. The SMILES string of the molecule is CCCCC/C=C\C/C=C\C/C=C\C/C=C\CCCC(=O)OC(CCCCC/C=C/CCCCCCCCC)CC(=O)NC(CO)C(O)CCCCCCCCCCCCCCC. The molecule has 0 aliphatic heterocycles. The number of hydrogen-bond donors (Lipinski definition) is 3. The first-order valence-electron chi connectivity index (χ1n) is 27.0. The van der Waals surface area contributed by atoms with Crippen LogP contribution >= 0.6 is 0 Å². The van der Waals surface area contributed by atoms with Gasteiger partial charge in [-0.2, -0.15) is 0 Å². The molecule has 0 aromatic carbocycles. The number of esters is 1. The van der Waals surface area contributed by atoms with Gasteiger partial charge in [0.05, 0.1) is 25.2 Å². The minimum Gasteiger partial charge on any atom is -0.462 e. The zero-order valence-corrected chi connectivity index (χ0v) is 41.7. The third-order valence-electron chi connectivity index (χ3n) is 12.1. The first-order valence-corrected chi connectivity index (χ1v) is 27.0. The van der Waals surface area contributed by atoms with Gasteiger partial charge in [-0.15, -0.1) is 0 Å². The van der Waals surface area contributed by atoms with Crippen molar-refractivity contribution in [3.05, 3.63) is 60.8 Å². The van der Waals surface area contributed by atoms with Crippen molar-refractivity contribution in [2.45, 2.75) is 283 Å². The zero-order valence-electron chi connectivity index (χ0n) is 41.7. The molecule has 0 aliphatic carbocycles. The maximum absolute atomic E-state index is 13.2. The Bertz CT molecular complexity index is 1130. The summed E-state index contributed by atoms with van der Waals surface area (Å²) < 4.78 is 5.91. The summed E-state index contributed by atoms with van der Waals surface area (Å²) in [7, 11) is 0. The second-order valence-electron chi connectivity index (χ2n) is 18.3. The van der Waals surface area contributed by atoms with Crippen molar-refractivity contribution in [1.82, 2.24) is 5.32 Å². The summed E-state index contributed by atoms with van der Waals surface area (Å²) in [6.07, 6.45) is 62.8. The number of ether oxygens (including phenoxy) is 1. The summed E-state index contributed by atoms with van der Waals surface area (Å²) in [6, 6.07) is -0.718. The molecule has 0 aromatic rings. The van der Waals surface area contributed by atoms with Gasteiger partial charge in [0.15, 0.2) is 0 Å². The Morgan fingerprint density at radius 1 is 0.460 bits per heavy atom. The van der Waals surface area contributed by atoms with Gasteiger partial charge in [0.1, 0.15) is 6.10 Å². The third kappa shape index (κ3) is 45.9. The Morgan fingerprint density at radius 3 is 1.29 bits per heavy atom. The number of unbranched alkanes of at least 4 members (excludes halogenated alkanes) is 26. The molecular weight excluding hydrogens is 779 g/mol. The van der Waals surface area contributed by atoms with Crippen LogP contribution in [0.5, 0.6) is 0 Å². The highest BCUT2D eigenvalue weighted by atomic mass is 16.5. The molecule has 0 radical (unpaired) electrons. The van der Waals surface area contributed by atoms with Crippen molar-refractivity contribution < 1.29 is 24.5 Å². The average Bonchev–Trinajstić information content (AvgIpc) is 3.28. The highest BCUT2D eigenvalue weighted by Crippen LogP contribution is 2.17. The molecule has 0 heterocycles. The molecule has 3 N–H and O–H groups in total. The lowest BCUT2D eigenvalue weighted by atomic mass is 10.0. The number of allylic oxidation sites excluding steroid dienone is 10. The molecule has 0 aromatic heterocycles. The van der Waals surface area contributed by atoms with E-state index in [0.29, 0.717) is 25.7 Å². The van der Waals surface area contributed by atoms with Crippen molar-refractivity contribution >= 4 is 11.9 Å². The van der Waals surface area contributed by atoms with Crippen LogP contribution in [-0.4, -0.2) is 46.9 Å². The number of aliphatic hydroxyl groups is 2. The number of hydrogen-bond acceptors (Lipinski definition) is 5. The van der Waals surface area contributed by atoms with Gasteiger partial charge in [0.2, 0.25) is 5.91 Å². The lowest BCUT2D eigenvalue weighted by molar-refractivity contribution is -0.151. The lowest BCUT2D eigenvalue weighted by Crippen LogP contribution is -2.46. The molecule has 0 saturated carbocycles. The minimum atomic E-state index is -0.802. The highest BCUT2D eigenvalue weighted by molar-refractivity contribution is 5.77. The summed E-state index contributed by atoms with van der Waals surface area (Å²) in [5, 5.41) is 23.8. The monoisotopic (exact) mass is 882 g/mol. The number of aliphatic hydroxyl groups excluding tert-OH is 2. The molecule has 6 heteroatoms. The average molecular weight is 882 g/mol. The fourth-order valence-electron chi connectivity index (χ4n) is 7.95. The molecule has 63 heavy (non-hydrogen) atoms. The van der Waals surface area contributed by atoms with Gasteiger partial charge in [-0.25, -0.2) is 0 Å². The first kappa shape index (κ1) is 60.6. The fraction of sp³-hybridized carbons (Fsp3) is 0.789. The van der Waals surface area contributed by atoms with E-state index in [1.165, 1.54) is 135 Å². The first-order chi connectivity index (χ1) is 31.0. The standard InChI is InChI=1S/C57H103NO5/c1-4-7-10-13-16-19-22-25-27-28-29-32-35-38-41-44-47-50-57(62)63-53(48-45-42-39-36-33-31-26-23-20-17-14-11-8-5-2)51-56(61)58-54(52-59)55(60)49-46-43-40-37-34-30-24-21-18-15-12-9-6-3/h16,19,25,27,29,31-33,38,41,53-55,59-60H,4-15,17-18,20-24,26,28,30,34-37,39-40,42-52H2,1-3H3,(H,58,61)/b19-16-,27-25-,32-29-,33-31+,41-38-. The molecule has 1 amide bonds. The molecule has 3 unspecified atom stereocenters. The van der Waals surface area contributed by atoms with Crippen molar-refractivity contribution in [3.8, 4) is 0 Å². The zero-order chi connectivity index (χ0) is 45.9. The van der Waals surface area contributed by atoms with E-state index in [9.17, 15) is 19.8 Å². The Morgan fingerprint density at radius 2 is 0.810 bits per heavy atom. The molecule has 0 spiro atoms. The number of carbonyl (C=O) groups is 2. The van der Waals surface area contributed by atoms with Gasteiger partial charge in [-0.3, -0.25) is 9.59 Å². The quantitative estimate of drug-likeness (QED) is 0.0321. The molecule has 0 saturated heterocycles. The lowest BCUT2D eigenvalue weighted by Gasteiger charge is -2.24. The van der Waals surface area contributed by atoms with Crippen molar-refractivity contribution in [1.29, 1.82) is 0 Å². The van der Waals surface area contributed by atoms with Gasteiger partial charge >= 0.3 is 5.97 Å². The summed E-state index contributed by atoms with van der Waals surface area (Å²) in [5.41, 5.74) is 0. The van der Waals surface area contributed by atoms with Crippen LogP contribution in [0.25, 0.3) is 0 Å². The fourth-order valence-corrected chi connectivity index (χ4v) is 7.95. The largest absolute Gasteiger partial charge is 0.462 e. The predicted molar refractivity (Wildman–Crippen MR) is 273 cm³/mol. The number of rotatable bonds is 48. The molecule has 6 nitrogen and oxygen atoms in total. The number of amides is 1. The molecular formula is C57H103NO5. The Hall–Kier alpha value is -2.44. The second-order valence-corrected chi connectivity index (χ2v) is 18.3. The van der Waals surface area contributed by atoms with Gasteiger partial charge in [-0.1, -0.05) is 223 Å². The van der Waals surface area contributed by atoms with Gasteiger partial charge in [0, 0.05) is 6.42 Å². The molecule has 0 bridgehead atoms. The van der Waals surface area contributed by atoms with Gasteiger partial charge in [-0.05, 0) is 89.9 Å². The van der Waals surface area contributed by atoms with Crippen LogP contribution in [0.2, 0.25) is 0 Å². The van der Waals surface area contributed by atoms with Crippen molar-refractivity contribution in [2.75, 3.05) is 6.61 Å². The summed E-state index contributed by atoms with van der Waals surface area (Å²) >= 11 is 0. The minimum absolute atomic E-state index is 0.0449. The summed E-state index contributed by atoms with van der Waals surface area (Å²) in [6.45, 7) is 6.44. The van der Waals surface area contributed by atoms with Gasteiger partial charge in [0.25, 0.3) is 0 Å². The molecule has 3 atom stereocenters. The van der Waals surface area contributed by atoms with E-state index in [-0.39, 0.29) is 24.9 Å². The summed E-state index contributed by atoms with van der Waals surface area (Å²) in [5.74, 6) is -0.552. The second kappa shape index (κ2) is 50.6. The van der Waals surface area contributed by atoms with Crippen LogP contribution in [0.4, 0.5) is 0 Å². The van der Waals surface area contributed by atoms with E-state index in [1.807, 2.05) is 0 Å². The maximum atomic E-state index is 13.2. The maximum Gasteiger partial charge on any atom is 0.306 e. The highest BCUT2D eigenvalue weighted by Gasteiger charge is 2.24.